The second-order valence-electron chi connectivity index (χ2n) is 2.27. The number of hydrogen-bond acceptors (Lipinski definition) is 1. The largest absolute Gasteiger partial charge is 0.366 e. The van der Waals surface area contributed by atoms with Gasteiger partial charge in [-0.25, -0.2) is 4.39 Å². The maximum atomic E-state index is 12.5. The lowest BCUT2D eigenvalue weighted by atomic mass is 10.2. The number of rotatable bonds is 3. The first-order valence-corrected chi connectivity index (χ1v) is 3.28. The molecule has 0 amide bonds. The third-order valence-electron chi connectivity index (χ3n) is 1.51. The Kier molecular flexibility index (Phi) is 3.77. The molecule has 1 N–H and O–H groups in total. The van der Waals surface area contributed by atoms with Gasteiger partial charge in [-0.05, 0) is 32.5 Å². The molecule has 10 heavy (non-hydrogen) atoms. The lowest BCUT2D eigenvalue weighted by Crippen LogP contribution is -2.07. The van der Waals surface area contributed by atoms with Crippen LogP contribution in [0.2, 0.25) is 0 Å². The van der Waals surface area contributed by atoms with Gasteiger partial charge in [0, 0.05) is 5.70 Å². The van der Waals surface area contributed by atoms with Crippen molar-refractivity contribution < 1.29 is 4.39 Å². The van der Waals surface area contributed by atoms with Crippen molar-refractivity contribution >= 4 is 0 Å². The van der Waals surface area contributed by atoms with Gasteiger partial charge in [0.25, 0.3) is 0 Å². The first kappa shape index (κ1) is 9.21. The molecule has 0 radical (unpaired) electrons. The molecule has 0 aromatic rings. The van der Waals surface area contributed by atoms with E-state index in [0.29, 0.717) is 0 Å². The molecule has 0 aliphatic rings. The number of hydrogen-bond donors (Lipinski definition) is 1. The van der Waals surface area contributed by atoms with E-state index in [-0.39, 0.29) is 0 Å². The summed E-state index contributed by atoms with van der Waals surface area (Å²) in [6.45, 7) is 8.58. The molecule has 0 aliphatic heterocycles. The van der Waals surface area contributed by atoms with E-state index in [0.717, 1.165) is 11.3 Å². The first-order chi connectivity index (χ1) is 4.59. The average molecular weight is 143 g/mol. The molecule has 0 unspecified atom stereocenters. The van der Waals surface area contributed by atoms with Crippen molar-refractivity contribution in [2.24, 2.45) is 0 Å². The monoisotopic (exact) mass is 143 g/mol. The second-order valence-corrected chi connectivity index (χ2v) is 2.27. The SMILES string of the molecule is C=CN/C(C)=C(\C)[C@H](C)F. The van der Waals surface area contributed by atoms with Crippen LogP contribution in [0.1, 0.15) is 20.8 Å². The van der Waals surface area contributed by atoms with E-state index in [9.17, 15) is 4.39 Å². The Labute approximate surface area is 61.6 Å². The summed E-state index contributed by atoms with van der Waals surface area (Å²) < 4.78 is 12.5. The summed E-state index contributed by atoms with van der Waals surface area (Å²) in [5, 5.41) is 2.83. The molecular formula is C8H14FN. The molecule has 0 spiro atoms. The molecule has 0 bridgehead atoms. The fourth-order valence-electron chi connectivity index (χ4n) is 0.565. The van der Waals surface area contributed by atoms with E-state index in [4.69, 9.17) is 0 Å². The quantitative estimate of drug-likeness (QED) is 0.639. The van der Waals surface area contributed by atoms with Gasteiger partial charge < -0.3 is 5.32 Å². The van der Waals surface area contributed by atoms with Gasteiger partial charge in [-0.1, -0.05) is 6.58 Å². The maximum Gasteiger partial charge on any atom is 0.120 e. The van der Waals surface area contributed by atoms with Crippen LogP contribution in [0.15, 0.2) is 24.0 Å². The highest BCUT2D eigenvalue weighted by molar-refractivity contribution is 5.12. The summed E-state index contributed by atoms with van der Waals surface area (Å²) in [6, 6.07) is 0. The van der Waals surface area contributed by atoms with Gasteiger partial charge in [0.05, 0.1) is 0 Å². The zero-order chi connectivity index (χ0) is 8.15. The number of alkyl halides is 1. The molecule has 1 atom stereocenters. The topological polar surface area (TPSA) is 12.0 Å². The lowest BCUT2D eigenvalue weighted by Gasteiger charge is -2.07. The summed E-state index contributed by atoms with van der Waals surface area (Å²) in [7, 11) is 0. The van der Waals surface area contributed by atoms with Crippen LogP contribution in [0.5, 0.6) is 0 Å². The van der Waals surface area contributed by atoms with Crippen molar-refractivity contribution in [2.45, 2.75) is 26.9 Å². The molecule has 0 heterocycles. The molecule has 0 aromatic carbocycles. The summed E-state index contributed by atoms with van der Waals surface area (Å²) >= 11 is 0. The summed E-state index contributed by atoms with van der Waals surface area (Å²) in [4.78, 5) is 0. The Morgan fingerprint density at radius 1 is 1.60 bits per heavy atom. The van der Waals surface area contributed by atoms with Gasteiger partial charge in [0.2, 0.25) is 0 Å². The Bertz CT molecular complexity index is 147. The van der Waals surface area contributed by atoms with Crippen LogP contribution in [0.25, 0.3) is 0 Å². The molecule has 0 aromatic heterocycles. The fourth-order valence-corrected chi connectivity index (χ4v) is 0.565. The molecule has 0 aliphatic carbocycles. The minimum atomic E-state index is -0.882. The highest BCUT2D eigenvalue weighted by Crippen LogP contribution is 2.08. The van der Waals surface area contributed by atoms with Crippen molar-refractivity contribution in [3.63, 3.8) is 0 Å². The molecule has 0 saturated heterocycles. The standard InChI is InChI=1S/C8H14FN/c1-5-10-8(4)6(2)7(3)9/h5,7,10H,1H2,2-4H3/b8-6+/t7-/m0/s1. The molecule has 0 rings (SSSR count). The normalized spacial score (nSPS) is 15.6. The van der Waals surface area contributed by atoms with Crippen LogP contribution < -0.4 is 5.32 Å². The van der Waals surface area contributed by atoms with Crippen LogP contribution in [-0.2, 0) is 0 Å². The van der Waals surface area contributed by atoms with Crippen molar-refractivity contribution in [2.75, 3.05) is 0 Å². The van der Waals surface area contributed by atoms with Gasteiger partial charge in [-0.15, -0.1) is 0 Å². The highest BCUT2D eigenvalue weighted by Gasteiger charge is 2.02. The smallest absolute Gasteiger partial charge is 0.120 e. The molecule has 0 saturated carbocycles. The van der Waals surface area contributed by atoms with E-state index < -0.39 is 6.17 Å². The number of allylic oxidation sites excluding steroid dienone is 2. The van der Waals surface area contributed by atoms with Crippen LogP contribution in [0.3, 0.4) is 0 Å². The van der Waals surface area contributed by atoms with Gasteiger partial charge in [0.1, 0.15) is 6.17 Å². The molecule has 0 fully saturated rings. The first-order valence-electron chi connectivity index (χ1n) is 3.28. The molecular weight excluding hydrogens is 129 g/mol. The van der Waals surface area contributed by atoms with E-state index in [1.807, 2.05) is 6.92 Å². The minimum Gasteiger partial charge on any atom is -0.366 e. The van der Waals surface area contributed by atoms with E-state index in [1.54, 1.807) is 13.1 Å². The summed E-state index contributed by atoms with van der Waals surface area (Å²) in [5.41, 5.74) is 1.56. The Morgan fingerprint density at radius 3 is 2.40 bits per heavy atom. The molecule has 1 nitrogen and oxygen atoms in total. The van der Waals surface area contributed by atoms with Crippen molar-refractivity contribution in [1.29, 1.82) is 0 Å². The Hall–Kier alpha value is -0.790. The summed E-state index contributed by atoms with van der Waals surface area (Å²) in [5.74, 6) is 0. The third-order valence-corrected chi connectivity index (χ3v) is 1.51. The molecule has 58 valence electrons. The average Bonchev–Trinajstić information content (AvgIpc) is 1.87. The minimum absolute atomic E-state index is 0.722. The third kappa shape index (κ3) is 2.67. The zero-order valence-corrected chi connectivity index (χ0v) is 6.74. The van der Waals surface area contributed by atoms with Crippen LogP contribution >= 0.6 is 0 Å². The highest BCUT2D eigenvalue weighted by atomic mass is 19.1. The predicted molar refractivity (Wildman–Crippen MR) is 42.3 cm³/mol. The van der Waals surface area contributed by atoms with Crippen molar-refractivity contribution in [3.8, 4) is 0 Å². The van der Waals surface area contributed by atoms with Crippen LogP contribution in [0.4, 0.5) is 4.39 Å². The van der Waals surface area contributed by atoms with Crippen molar-refractivity contribution in [3.05, 3.63) is 24.0 Å². The van der Waals surface area contributed by atoms with E-state index in [2.05, 4.69) is 11.9 Å². The van der Waals surface area contributed by atoms with Crippen LogP contribution in [0, 0.1) is 0 Å². The Balaban J connectivity index is 4.18. The summed E-state index contributed by atoms with van der Waals surface area (Å²) in [6.07, 6.45) is 0.661. The fraction of sp³-hybridized carbons (Fsp3) is 0.500. The van der Waals surface area contributed by atoms with Gasteiger partial charge in [0.15, 0.2) is 0 Å². The zero-order valence-electron chi connectivity index (χ0n) is 6.74. The number of nitrogens with one attached hydrogen (secondary N) is 1. The molecule has 2 heteroatoms. The van der Waals surface area contributed by atoms with Gasteiger partial charge in [-0.2, -0.15) is 0 Å². The van der Waals surface area contributed by atoms with Gasteiger partial charge >= 0.3 is 0 Å². The van der Waals surface area contributed by atoms with E-state index in [1.165, 1.54) is 6.92 Å². The van der Waals surface area contributed by atoms with Gasteiger partial charge in [-0.3, -0.25) is 0 Å². The van der Waals surface area contributed by atoms with E-state index >= 15 is 0 Å². The second kappa shape index (κ2) is 4.09. The van der Waals surface area contributed by atoms with Crippen LogP contribution in [-0.4, -0.2) is 6.17 Å². The predicted octanol–water partition coefficient (Wildman–Crippen LogP) is 2.37. The lowest BCUT2D eigenvalue weighted by molar-refractivity contribution is 0.407. The maximum absolute atomic E-state index is 12.5. The van der Waals surface area contributed by atoms with Crippen molar-refractivity contribution in [1.82, 2.24) is 5.32 Å². The Morgan fingerprint density at radius 2 is 2.10 bits per heavy atom. The number of halogens is 1.